The normalized spacial score (nSPS) is 12.8. The minimum absolute atomic E-state index is 0.0444. The molecule has 0 aliphatic heterocycles. The fourth-order valence-electron chi connectivity index (χ4n) is 1.49. The Hall–Kier alpha value is -1.51. The van der Waals surface area contributed by atoms with Crippen molar-refractivity contribution in [2.24, 2.45) is 5.14 Å². The summed E-state index contributed by atoms with van der Waals surface area (Å²) in [5, 5.41) is 8.24. The molecule has 0 aliphatic carbocycles. The molecule has 4 nitrogen and oxygen atoms in total. The van der Waals surface area contributed by atoms with Gasteiger partial charge in [-0.1, -0.05) is 19.1 Å². The van der Waals surface area contributed by atoms with Gasteiger partial charge in [-0.3, -0.25) is 0 Å². The van der Waals surface area contributed by atoms with Crippen LogP contribution in [0.1, 0.15) is 19.8 Å². The van der Waals surface area contributed by atoms with E-state index in [2.05, 4.69) is 11.2 Å². The predicted octanol–water partition coefficient (Wildman–Crippen LogP) is 1.55. The molecule has 1 atom stereocenters. The highest BCUT2D eigenvalue weighted by Crippen LogP contribution is 2.21. The number of nitrogens with one attached hydrogen (secondary N) is 1. The van der Waals surface area contributed by atoms with Crippen molar-refractivity contribution in [3.8, 4) is 12.3 Å². The maximum absolute atomic E-state index is 11.4. The van der Waals surface area contributed by atoms with Crippen LogP contribution in [0.2, 0.25) is 0 Å². The summed E-state index contributed by atoms with van der Waals surface area (Å²) in [4.78, 5) is 0.0930. The monoisotopic (exact) mass is 252 g/mol. The van der Waals surface area contributed by atoms with Gasteiger partial charge in [0.1, 0.15) is 4.90 Å². The lowest BCUT2D eigenvalue weighted by Gasteiger charge is -2.17. The lowest BCUT2D eigenvalue weighted by atomic mass is 10.1. The summed E-state index contributed by atoms with van der Waals surface area (Å²) in [7, 11) is -3.72. The van der Waals surface area contributed by atoms with Gasteiger partial charge in [-0.25, -0.2) is 13.6 Å². The number of primary sulfonamides is 1. The second kappa shape index (κ2) is 5.71. The summed E-state index contributed by atoms with van der Waals surface area (Å²) >= 11 is 0. The van der Waals surface area contributed by atoms with Crippen molar-refractivity contribution in [3.05, 3.63) is 24.3 Å². The predicted molar refractivity (Wildman–Crippen MR) is 69.0 cm³/mol. The van der Waals surface area contributed by atoms with E-state index in [-0.39, 0.29) is 10.9 Å². The van der Waals surface area contributed by atoms with Gasteiger partial charge in [-0.05, 0) is 18.6 Å². The molecule has 1 rings (SSSR count). The molecule has 3 N–H and O–H groups in total. The number of para-hydroxylation sites is 1. The molecule has 5 heteroatoms. The fourth-order valence-corrected chi connectivity index (χ4v) is 2.20. The van der Waals surface area contributed by atoms with E-state index in [9.17, 15) is 8.42 Å². The molecule has 17 heavy (non-hydrogen) atoms. The van der Waals surface area contributed by atoms with Crippen molar-refractivity contribution in [2.45, 2.75) is 30.7 Å². The van der Waals surface area contributed by atoms with Gasteiger partial charge in [0, 0.05) is 12.5 Å². The fraction of sp³-hybridized carbons (Fsp3) is 0.333. The minimum Gasteiger partial charge on any atom is -0.380 e. The van der Waals surface area contributed by atoms with Gasteiger partial charge >= 0.3 is 0 Å². The molecule has 0 radical (unpaired) electrons. The van der Waals surface area contributed by atoms with Gasteiger partial charge in [0.15, 0.2) is 0 Å². The third kappa shape index (κ3) is 3.77. The molecule has 92 valence electrons. The van der Waals surface area contributed by atoms with Crippen LogP contribution in [-0.4, -0.2) is 14.5 Å². The van der Waals surface area contributed by atoms with Crippen LogP contribution < -0.4 is 10.5 Å². The van der Waals surface area contributed by atoms with E-state index in [0.717, 1.165) is 6.42 Å². The molecule has 0 saturated carbocycles. The number of anilines is 1. The average molecular weight is 252 g/mol. The lowest BCUT2D eigenvalue weighted by molar-refractivity contribution is 0.597. The standard InChI is InChI=1S/C12H16N2O2S/c1-3-7-10(4-2)14-11-8-5-6-9-12(11)17(13,15)16/h1,5-6,8-10,14H,4,7H2,2H3,(H2,13,15,16). The maximum Gasteiger partial charge on any atom is 0.240 e. The van der Waals surface area contributed by atoms with Crippen LogP contribution >= 0.6 is 0 Å². The second-order valence-corrected chi connectivity index (χ2v) is 5.23. The first-order valence-corrected chi connectivity index (χ1v) is 6.85. The Morgan fingerprint density at radius 1 is 1.47 bits per heavy atom. The van der Waals surface area contributed by atoms with Crippen molar-refractivity contribution in [1.82, 2.24) is 0 Å². The number of benzene rings is 1. The van der Waals surface area contributed by atoms with Crippen molar-refractivity contribution in [3.63, 3.8) is 0 Å². The molecular formula is C12H16N2O2S. The average Bonchev–Trinajstić information content (AvgIpc) is 2.27. The number of rotatable bonds is 5. The number of hydrogen-bond acceptors (Lipinski definition) is 3. The zero-order valence-electron chi connectivity index (χ0n) is 9.68. The Morgan fingerprint density at radius 2 is 2.12 bits per heavy atom. The van der Waals surface area contributed by atoms with Gasteiger partial charge in [0.25, 0.3) is 0 Å². The summed E-state index contributed by atoms with van der Waals surface area (Å²) in [6.07, 6.45) is 6.60. The first-order valence-electron chi connectivity index (χ1n) is 5.31. The molecule has 0 aliphatic rings. The number of terminal acetylenes is 1. The summed E-state index contributed by atoms with van der Waals surface area (Å²) in [6, 6.07) is 6.58. The molecular weight excluding hydrogens is 236 g/mol. The molecule has 0 aromatic heterocycles. The summed E-state index contributed by atoms with van der Waals surface area (Å²) in [6.45, 7) is 1.98. The van der Waals surface area contributed by atoms with E-state index in [0.29, 0.717) is 12.1 Å². The summed E-state index contributed by atoms with van der Waals surface area (Å²) in [5.41, 5.74) is 0.497. The Morgan fingerprint density at radius 3 is 2.65 bits per heavy atom. The molecule has 1 aromatic carbocycles. The van der Waals surface area contributed by atoms with E-state index in [1.807, 2.05) is 6.92 Å². The Balaban J connectivity index is 3.03. The largest absolute Gasteiger partial charge is 0.380 e. The van der Waals surface area contributed by atoms with Crippen LogP contribution in [0.4, 0.5) is 5.69 Å². The van der Waals surface area contributed by atoms with E-state index in [1.165, 1.54) is 6.07 Å². The van der Waals surface area contributed by atoms with Crippen LogP contribution in [-0.2, 0) is 10.0 Å². The van der Waals surface area contributed by atoms with Gasteiger partial charge in [0.05, 0.1) is 5.69 Å². The van der Waals surface area contributed by atoms with E-state index < -0.39 is 10.0 Å². The number of sulfonamides is 1. The molecule has 0 fully saturated rings. The maximum atomic E-state index is 11.4. The molecule has 0 bridgehead atoms. The van der Waals surface area contributed by atoms with Crippen LogP contribution in [0.5, 0.6) is 0 Å². The summed E-state index contributed by atoms with van der Waals surface area (Å²) in [5.74, 6) is 2.55. The van der Waals surface area contributed by atoms with Gasteiger partial charge < -0.3 is 5.32 Å². The van der Waals surface area contributed by atoms with Crippen molar-refractivity contribution < 1.29 is 8.42 Å². The van der Waals surface area contributed by atoms with Gasteiger partial charge in [0.2, 0.25) is 10.0 Å². The molecule has 1 unspecified atom stereocenters. The topological polar surface area (TPSA) is 72.2 Å². The van der Waals surface area contributed by atoms with Crippen LogP contribution in [0.25, 0.3) is 0 Å². The smallest absolute Gasteiger partial charge is 0.240 e. The highest BCUT2D eigenvalue weighted by Gasteiger charge is 2.15. The SMILES string of the molecule is C#CCC(CC)Nc1ccccc1S(N)(=O)=O. The van der Waals surface area contributed by atoms with E-state index >= 15 is 0 Å². The molecule has 0 heterocycles. The van der Waals surface area contributed by atoms with Crippen molar-refractivity contribution in [1.29, 1.82) is 0 Å². The lowest BCUT2D eigenvalue weighted by Crippen LogP contribution is -2.21. The van der Waals surface area contributed by atoms with Crippen LogP contribution in [0, 0.1) is 12.3 Å². The van der Waals surface area contributed by atoms with Crippen LogP contribution in [0.3, 0.4) is 0 Å². The van der Waals surface area contributed by atoms with Gasteiger partial charge in [-0.15, -0.1) is 12.3 Å². The second-order valence-electron chi connectivity index (χ2n) is 3.70. The molecule has 0 spiro atoms. The van der Waals surface area contributed by atoms with E-state index in [4.69, 9.17) is 11.6 Å². The van der Waals surface area contributed by atoms with Crippen LogP contribution in [0.15, 0.2) is 29.2 Å². The molecule has 0 saturated heterocycles. The number of hydrogen-bond donors (Lipinski definition) is 2. The van der Waals surface area contributed by atoms with E-state index in [1.54, 1.807) is 18.2 Å². The zero-order chi connectivity index (χ0) is 12.9. The highest BCUT2D eigenvalue weighted by atomic mass is 32.2. The first kappa shape index (κ1) is 13.6. The first-order chi connectivity index (χ1) is 7.99. The molecule has 1 aromatic rings. The Labute approximate surface area is 102 Å². The third-order valence-electron chi connectivity index (χ3n) is 2.41. The quantitative estimate of drug-likeness (QED) is 0.781. The van der Waals surface area contributed by atoms with Crippen molar-refractivity contribution in [2.75, 3.05) is 5.32 Å². The Bertz CT molecular complexity index is 518. The zero-order valence-corrected chi connectivity index (χ0v) is 10.5. The minimum atomic E-state index is -3.72. The highest BCUT2D eigenvalue weighted by molar-refractivity contribution is 7.89. The number of nitrogens with two attached hydrogens (primary N) is 1. The Kier molecular flexibility index (Phi) is 4.55. The molecule has 0 amide bonds. The van der Waals surface area contributed by atoms with Gasteiger partial charge in [-0.2, -0.15) is 0 Å². The van der Waals surface area contributed by atoms with Crippen molar-refractivity contribution >= 4 is 15.7 Å². The third-order valence-corrected chi connectivity index (χ3v) is 3.38. The summed E-state index contributed by atoms with van der Waals surface area (Å²) < 4.78 is 22.8.